The van der Waals surface area contributed by atoms with Gasteiger partial charge in [0.15, 0.2) is 0 Å². The summed E-state index contributed by atoms with van der Waals surface area (Å²) in [4.78, 5) is 14.3. The Kier molecular flexibility index (Phi) is 7.45. The van der Waals surface area contributed by atoms with E-state index in [4.69, 9.17) is 4.36 Å². The van der Waals surface area contributed by atoms with Crippen molar-refractivity contribution in [2.45, 2.75) is 51.5 Å². The molecule has 1 aliphatic carbocycles. The molecule has 1 aliphatic rings. The number of aryl methyl sites for hydroxylation is 1. The lowest BCUT2D eigenvalue weighted by Gasteiger charge is -2.35. The molecule has 0 spiro atoms. The molecule has 1 aromatic carbocycles. The summed E-state index contributed by atoms with van der Waals surface area (Å²) in [6, 6.07) is 12.9. The minimum absolute atomic E-state index is 0.451. The third-order valence-electron chi connectivity index (χ3n) is 6.63. The smallest absolute Gasteiger partial charge is 0.142 e. The topological polar surface area (TPSA) is 74.2 Å². The van der Waals surface area contributed by atoms with Gasteiger partial charge in [-0.2, -0.15) is 0 Å². The monoisotopic (exact) mass is 453 g/mol. The van der Waals surface area contributed by atoms with Gasteiger partial charge in [0.2, 0.25) is 0 Å². The molecule has 1 saturated carbocycles. The van der Waals surface area contributed by atoms with E-state index >= 15 is 0 Å². The molecule has 4 rings (SSSR count). The van der Waals surface area contributed by atoms with E-state index < -0.39 is 9.73 Å². The maximum absolute atomic E-state index is 13.7. The zero-order chi connectivity index (χ0) is 22.4. The zero-order valence-corrected chi connectivity index (χ0v) is 20.1. The average Bonchev–Trinajstić information content (AvgIpc) is 3.31. The van der Waals surface area contributed by atoms with Crippen LogP contribution in [0, 0.1) is 5.92 Å². The Morgan fingerprint density at radius 1 is 1.12 bits per heavy atom. The van der Waals surface area contributed by atoms with Gasteiger partial charge in [-0.3, -0.25) is 0 Å². The molecule has 2 heterocycles. The van der Waals surface area contributed by atoms with Crippen molar-refractivity contribution in [3.8, 4) is 0 Å². The largest absolute Gasteiger partial charge is 0.356 e. The first-order chi connectivity index (χ1) is 15.6. The van der Waals surface area contributed by atoms with E-state index in [0.717, 1.165) is 61.1 Å². The first-order valence-corrected chi connectivity index (χ1v) is 13.7. The predicted molar refractivity (Wildman–Crippen MR) is 134 cm³/mol. The lowest BCUT2D eigenvalue weighted by atomic mass is 9.86. The number of fused-ring (bicyclic) bond motifs is 1. The van der Waals surface area contributed by atoms with Crippen molar-refractivity contribution < 1.29 is 4.21 Å². The summed E-state index contributed by atoms with van der Waals surface area (Å²) in [6.45, 7) is 2.81. The van der Waals surface area contributed by atoms with Crippen LogP contribution in [0.25, 0.3) is 11.0 Å². The first kappa shape index (κ1) is 22.8. The summed E-state index contributed by atoms with van der Waals surface area (Å²) < 4.78 is 18.5. The summed E-state index contributed by atoms with van der Waals surface area (Å²) >= 11 is 0. The number of hydrogen-bond acceptors (Lipinski definition) is 5. The third kappa shape index (κ3) is 5.49. The van der Waals surface area contributed by atoms with E-state index in [0.29, 0.717) is 24.3 Å². The Hall–Kier alpha value is -2.41. The van der Waals surface area contributed by atoms with Crippen LogP contribution in [0.3, 0.4) is 0 Å². The van der Waals surface area contributed by atoms with E-state index in [1.807, 2.05) is 18.3 Å². The molecule has 1 fully saturated rings. The number of anilines is 1. The number of benzene rings is 1. The average molecular weight is 454 g/mol. The molecular weight excluding hydrogens is 418 g/mol. The van der Waals surface area contributed by atoms with Gasteiger partial charge in [-0.05, 0) is 56.1 Å². The second-order valence-corrected chi connectivity index (χ2v) is 11.5. The van der Waals surface area contributed by atoms with Crippen molar-refractivity contribution in [2.75, 3.05) is 30.0 Å². The Morgan fingerprint density at radius 2 is 1.91 bits per heavy atom. The van der Waals surface area contributed by atoms with E-state index in [-0.39, 0.29) is 0 Å². The molecule has 0 bridgehead atoms. The molecule has 1 unspecified atom stereocenters. The van der Waals surface area contributed by atoms with Gasteiger partial charge in [-0.25, -0.2) is 18.5 Å². The fraction of sp³-hybridized carbons (Fsp3) is 0.520. The Labute approximate surface area is 192 Å². The van der Waals surface area contributed by atoms with Crippen LogP contribution in [0.5, 0.6) is 0 Å². The highest BCUT2D eigenvalue weighted by atomic mass is 32.2. The summed E-state index contributed by atoms with van der Waals surface area (Å²) in [5, 5.41) is 1.07. The number of aromatic nitrogens is 3. The fourth-order valence-corrected chi connectivity index (χ4v) is 7.30. The maximum atomic E-state index is 13.7. The fourth-order valence-electron chi connectivity index (χ4n) is 4.76. The molecule has 0 radical (unpaired) electrons. The second-order valence-electron chi connectivity index (χ2n) is 8.95. The van der Waals surface area contributed by atoms with Crippen molar-refractivity contribution in [3.63, 3.8) is 0 Å². The van der Waals surface area contributed by atoms with Crippen LogP contribution >= 0.6 is 0 Å². The van der Waals surface area contributed by atoms with Gasteiger partial charge >= 0.3 is 0 Å². The molecule has 0 saturated heterocycles. The van der Waals surface area contributed by atoms with Crippen LogP contribution in [0.1, 0.15) is 44.6 Å². The van der Waals surface area contributed by atoms with Crippen molar-refractivity contribution in [1.29, 1.82) is 0 Å². The number of hydrogen-bond donors (Lipinski definition) is 1. The van der Waals surface area contributed by atoms with Gasteiger partial charge in [0.05, 0.1) is 5.39 Å². The van der Waals surface area contributed by atoms with Crippen LogP contribution in [0.2, 0.25) is 0 Å². The quantitative estimate of drug-likeness (QED) is 0.491. The minimum atomic E-state index is -2.17. The van der Waals surface area contributed by atoms with Crippen LogP contribution in [0.4, 0.5) is 5.82 Å². The van der Waals surface area contributed by atoms with Gasteiger partial charge in [-0.15, -0.1) is 0 Å². The SMILES string of the molecule is CCCN=S(=O)(CCc1ccccc1)CC1CCC(N(C)c2ncnc3[nH]ccc23)CC1. The van der Waals surface area contributed by atoms with Crippen molar-refractivity contribution in [1.82, 2.24) is 15.0 Å². The van der Waals surface area contributed by atoms with Gasteiger partial charge in [-0.1, -0.05) is 37.3 Å². The lowest BCUT2D eigenvalue weighted by molar-refractivity contribution is 0.342. The Morgan fingerprint density at radius 3 is 2.66 bits per heavy atom. The number of nitrogens with zero attached hydrogens (tertiary/aromatic N) is 4. The van der Waals surface area contributed by atoms with Crippen LogP contribution in [0.15, 0.2) is 53.3 Å². The third-order valence-corrected chi connectivity index (χ3v) is 9.12. The van der Waals surface area contributed by atoms with Gasteiger partial charge in [0, 0.05) is 47.1 Å². The van der Waals surface area contributed by atoms with E-state index in [2.05, 4.69) is 58.1 Å². The summed E-state index contributed by atoms with van der Waals surface area (Å²) in [6.07, 6.45) is 9.73. The highest BCUT2D eigenvalue weighted by Gasteiger charge is 2.28. The minimum Gasteiger partial charge on any atom is -0.356 e. The second kappa shape index (κ2) is 10.5. The predicted octanol–water partition coefficient (Wildman–Crippen LogP) is 5.07. The molecule has 3 aromatic rings. The summed E-state index contributed by atoms with van der Waals surface area (Å²) in [5.41, 5.74) is 2.13. The Balaban J connectivity index is 1.37. The summed E-state index contributed by atoms with van der Waals surface area (Å²) in [7, 11) is -0.0353. The highest BCUT2D eigenvalue weighted by molar-refractivity contribution is 7.93. The molecule has 172 valence electrons. The van der Waals surface area contributed by atoms with E-state index in [1.165, 1.54) is 5.56 Å². The Bertz CT molecular complexity index is 1110. The zero-order valence-electron chi connectivity index (χ0n) is 19.2. The molecular formula is C25H35N5OS. The normalized spacial score (nSPS) is 20.7. The molecule has 7 heteroatoms. The molecule has 2 aromatic heterocycles. The molecule has 6 nitrogen and oxygen atoms in total. The maximum Gasteiger partial charge on any atom is 0.142 e. The molecule has 32 heavy (non-hydrogen) atoms. The van der Waals surface area contributed by atoms with Gasteiger partial charge in [0.25, 0.3) is 0 Å². The lowest BCUT2D eigenvalue weighted by Crippen LogP contribution is -2.37. The van der Waals surface area contributed by atoms with Crippen molar-refractivity contribution >= 4 is 26.6 Å². The van der Waals surface area contributed by atoms with Crippen LogP contribution < -0.4 is 4.90 Å². The molecule has 1 atom stereocenters. The van der Waals surface area contributed by atoms with Crippen molar-refractivity contribution in [2.24, 2.45) is 10.3 Å². The van der Waals surface area contributed by atoms with Crippen molar-refractivity contribution in [3.05, 3.63) is 54.5 Å². The van der Waals surface area contributed by atoms with E-state index in [1.54, 1.807) is 6.33 Å². The molecule has 0 amide bonds. The number of nitrogens with one attached hydrogen (secondary N) is 1. The number of rotatable bonds is 9. The van der Waals surface area contributed by atoms with Crippen LogP contribution in [-0.4, -0.2) is 50.3 Å². The standard InChI is InChI=1S/C25H35N5OS/c1-3-15-29-32(31,17-14-20-7-5-4-6-8-20)18-21-9-11-22(12-10-21)30(2)25-23-13-16-26-24(23)27-19-28-25/h4-8,13,16,19,21-22H,3,9-12,14-15,17-18H2,1-2H3,(H,26,27,28). The van der Waals surface area contributed by atoms with Crippen LogP contribution in [-0.2, 0) is 16.1 Å². The first-order valence-electron chi connectivity index (χ1n) is 11.8. The molecule has 1 N–H and O–H groups in total. The van der Waals surface area contributed by atoms with E-state index in [9.17, 15) is 4.21 Å². The van der Waals surface area contributed by atoms with Gasteiger partial charge in [0.1, 0.15) is 17.8 Å². The summed E-state index contributed by atoms with van der Waals surface area (Å²) in [5.74, 6) is 2.89. The number of H-pyrrole nitrogens is 1. The van der Waals surface area contributed by atoms with Gasteiger partial charge < -0.3 is 9.88 Å². The molecule has 0 aliphatic heterocycles. The highest BCUT2D eigenvalue weighted by Crippen LogP contribution is 2.32. The number of aromatic amines is 1.